The van der Waals surface area contributed by atoms with Crippen LogP contribution in [0.4, 0.5) is 15.9 Å². The van der Waals surface area contributed by atoms with Gasteiger partial charge in [0.05, 0.1) is 0 Å². The average Bonchev–Trinajstić information content (AvgIpc) is 3.21. The van der Waals surface area contributed by atoms with E-state index >= 15 is 0 Å². The molecule has 1 aliphatic heterocycles. The number of amides is 1. The molecule has 0 saturated carbocycles. The van der Waals surface area contributed by atoms with Crippen LogP contribution in [0.3, 0.4) is 0 Å². The summed E-state index contributed by atoms with van der Waals surface area (Å²) in [5.74, 6) is 2.57. The summed E-state index contributed by atoms with van der Waals surface area (Å²) in [5, 5.41) is 5.17. The predicted octanol–water partition coefficient (Wildman–Crippen LogP) is 4.15. The van der Waals surface area contributed by atoms with Crippen molar-refractivity contribution < 1.29 is 9.18 Å². The highest BCUT2D eigenvalue weighted by Crippen LogP contribution is 2.26. The van der Waals surface area contributed by atoms with E-state index in [9.17, 15) is 9.18 Å². The molecular formula is C19H17FN4OS2. The molecule has 1 amide bonds. The number of pyridine rings is 1. The molecule has 2 aromatic heterocycles. The second-order valence-corrected chi connectivity index (χ2v) is 8.09. The third-order valence-corrected chi connectivity index (χ3v) is 6.00. The molecule has 27 heavy (non-hydrogen) atoms. The van der Waals surface area contributed by atoms with Crippen LogP contribution in [0, 0.1) is 5.82 Å². The molecule has 0 atom stereocenters. The Morgan fingerprint density at radius 1 is 1.11 bits per heavy atom. The SMILES string of the molecule is O=C(Nc1ccc(F)cc1)c1csc(-c2ccc(N3CCSCC3)nc2)n1. The number of rotatable bonds is 4. The second kappa shape index (κ2) is 8.06. The van der Waals surface area contributed by atoms with Gasteiger partial charge in [0, 0.05) is 47.4 Å². The summed E-state index contributed by atoms with van der Waals surface area (Å²) in [6.07, 6.45) is 1.80. The number of carbonyl (C=O) groups is 1. The van der Waals surface area contributed by atoms with Gasteiger partial charge in [-0.2, -0.15) is 11.8 Å². The van der Waals surface area contributed by atoms with Crippen molar-refractivity contribution in [3.63, 3.8) is 0 Å². The summed E-state index contributed by atoms with van der Waals surface area (Å²) >= 11 is 3.36. The Labute approximate surface area is 164 Å². The molecule has 1 aliphatic rings. The Morgan fingerprint density at radius 3 is 2.59 bits per heavy atom. The lowest BCUT2D eigenvalue weighted by Crippen LogP contribution is -2.32. The lowest BCUT2D eigenvalue weighted by Gasteiger charge is -2.27. The fraction of sp³-hybridized carbons (Fsp3) is 0.211. The number of benzene rings is 1. The van der Waals surface area contributed by atoms with E-state index in [4.69, 9.17) is 0 Å². The largest absolute Gasteiger partial charge is 0.355 e. The smallest absolute Gasteiger partial charge is 0.275 e. The van der Waals surface area contributed by atoms with Crippen molar-refractivity contribution >= 4 is 40.5 Å². The van der Waals surface area contributed by atoms with E-state index in [1.807, 2.05) is 23.9 Å². The maximum atomic E-state index is 13.0. The molecule has 1 N–H and O–H groups in total. The zero-order valence-electron chi connectivity index (χ0n) is 14.4. The van der Waals surface area contributed by atoms with Crippen LogP contribution in [0.15, 0.2) is 48.0 Å². The van der Waals surface area contributed by atoms with Crippen LogP contribution < -0.4 is 10.2 Å². The maximum Gasteiger partial charge on any atom is 0.275 e. The summed E-state index contributed by atoms with van der Waals surface area (Å²) in [6.45, 7) is 2.03. The van der Waals surface area contributed by atoms with Gasteiger partial charge in [-0.25, -0.2) is 14.4 Å². The molecule has 1 saturated heterocycles. The van der Waals surface area contributed by atoms with Gasteiger partial charge in [-0.1, -0.05) is 0 Å². The number of thiazole rings is 1. The molecule has 1 fully saturated rings. The minimum absolute atomic E-state index is 0.320. The number of hydrogen-bond donors (Lipinski definition) is 1. The zero-order chi connectivity index (χ0) is 18.6. The molecule has 3 heterocycles. The number of hydrogen-bond acceptors (Lipinski definition) is 6. The fourth-order valence-electron chi connectivity index (χ4n) is 2.73. The van der Waals surface area contributed by atoms with Crippen molar-refractivity contribution in [2.75, 3.05) is 34.8 Å². The van der Waals surface area contributed by atoms with Crippen molar-refractivity contribution in [2.24, 2.45) is 0 Å². The summed E-state index contributed by atoms with van der Waals surface area (Å²) in [6, 6.07) is 9.63. The van der Waals surface area contributed by atoms with E-state index in [-0.39, 0.29) is 11.7 Å². The van der Waals surface area contributed by atoms with Gasteiger partial charge in [-0.15, -0.1) is 11.3 Å². The molecule has 0 bridgehead atoms. The van der Waals surface area contributed by atoms with Crippen LogP contribution in [0.1, 0.15) is 10.5 Å². The molecule has 0 spiro atoms. The quantitative estimate of drug-likeness (QED) is 0.713. The summed E-state index contributed by atoms with van der Waals surface area (Å²) < 4.78 is 13.0. The third kappa shape index (κ3) is 4.28. The van der Waals surface area contributed by atoms with Crippen LogP contribution in [-0.2, 0) is 0 Å². The second-order valence-electron chi connectivity index (χ2n) is 6.00. The Kier molecular flexibility index (Phi) is 5.35. The first kappa shape index (κ1) is 17.9. The fourth-order valence-corrected chi connectivity index (χ4v) is 4.43. The van der Waals surface area contributed by atoms with E-state index in [0.717, 1.165) is 41.0 Å². The summed E-state index contributed by atoms with van der Waals surface area (Å²) in [5.41, 5.74) is 1.74. The number of carbonyl (C=O) groups excluding carboxylic acids is 1. The van der Waals surface area contributed by atoms with Crippen LogP contribution in [-0.4, -0.2) is 40.5 Å². The Balaban J connectivity index is 1.45. The molecule has 1 aromatic carbocycles. The number of aromatic nitrogens is 2. The summed E-state index contributed by atoms with van der Waals surface area (Å²) in [7, 11) is 0. The van der Waals surface area contributed by atoms with Gasteiger partial charge in [-0.05, 0) is 36.4 Å². The minimum atomic E-state index is -0.344. The van der Waals surface area contributed by atoms with Crippen molar-refractivity contribution in [2.45, 2.75) is 0 Å². The topological polar surface area (TPSA) is 58.1 Å². The highest BCUT2D eigenvalue weighted by Gasteiger charge is 2.15. The van der Waals surface area contributed by atoms with Crippen molar-refractivity contribution in [3.05, 3.63) is 59.5 Å². The van der Waals surface area contributed by atoms with Crippen LogP contribution >= 0.6 is 23.1 Å². The first-order valence-corrected chi connectivity index (χ1v) is 10.5. The molecule has 5 nitrogen and oxygen atoms in total. The Bertz CT molecular complexity index is 922. The molecule has 0 aliphatic carbocycles. The molecule has 138 valence electrons. The number of halogens is 1. The van der Waals surface area contributed by atoms with Gasteiger partial charge in [0.1, 0.15) is 22.3 Å². The van der Waals surface area contributed by atoms with Crippen LogP contribution in [0.5, 0.6) is 0 Å². The molecule has 0 unspecified atom stereocenters. The highest BCUT2D eigenvalue weighted by atomic mass is 32.2. The van der Waals surface area contributed by atoms with Crippen molar-refractivity contribution in [3.8, 4) is 10.6 Å². The monoisotopic (exact) mass is 400 g/mol. The maximum absolute atomic E-state index is 13.0. The van der Waals surface area contributed by atoms with E-state index in [2.05, 4.69) is 20.2 Å². The molecular weight excluding hydrogens is 383 g/mol. The Hall–Kier alpha value is -2.45. The van der Waals surface area contributed by atoms with E-state index in [1.165, 1.54) is 35.6 Å². The molecule has 3 aromatic rings. The standard InChI is InChI=1S/C19H17FN4OS2/c20-14-2-4-15(5-3-14)22-18(25)16-12-27-19(23-16)13-1-6-17(21-11-13)24-7-9-26-10-8-24/h1-6,11-12H,7-10H2,(H,22,25). The number of anilines is 2. The van der Waals surface area contributed by atoms with Crippen molar-refractivity contribution in [1.82, 2.24) is 9.97 Å². The molecule has 0 radical (unpaired) electrons. The zero-order valence-corrected chi connectivity index (χ0v) is 16.0. The van der Waals surface area contributed by atoms with Gasteiger partial charge >= 0.3 is 0 Å². The van der Waals surface area contributed by atoms with Gasteiger partial charge in [0.15, 0.2) is 0 Å². The molecule has 8 heteroatoms. The van der Waals surface area contributed by atoms with Gasteiger partial charge < -0.3 is 10.2 Å². The normalized spacial score (nSPS) is 14.2. The number of nitrogens with zero attached hydrogens (tertiary/aromatic N) is 3. The third-order valence-electron chi connectivity index (χ3n) is 4.17. The molecule has 4 rings (SSSR count). The first-order chi connectivity index (χ1) is 13.2. The lowest BCUT2D eigenvalue weighted by atomic mass is 10.3. The van der Waals surface area contributed by atoms with Gasteiger partial charge in [0.25, 0.3) is 5.91 Å². The summed E-state index contributed by atoms with van der Waals surface area (Å²) in [4.78, 5) is 23.6. The van der Waals surface area contributed by atoms with E-state index in [0.29, 0.717) is 11.4 Å². The first-order valence-electron chi connectivity index (χ1n) is 8.50. The van der Waals surface area contributed by atoms with E-state index < -0.39 is 0 Å². The average molecular weight is 401 g/mol. The van der Waals surface area contributed by atoms with Gasteiger partial charge in [0.2, 0.25) is 0 Å². The lowest BCUT2D eigenvalue weighted by molar-refractivity contribution is 0.102. The predicted molar refractivity (Wildman–Crippen MR) is 109 cm³/mol. The minimum Gasteiger partial charge on any atom is -0.355 e. The Morgan fingerprint density at radius 2 is 1.89 bits per heavy atom. The van der Waals surface area contributed by atoms with Crippen LogP contribution in [0.2, 0.25) is 0 Å². The van der Waals surface area contributed by atoms with Gasteiger partial charge in [-0.3, -0.25) is 4.79 Å². The van der Waals surface area contributed by atoms with E-state index in [1.54, 1.807) is 11.6 Å². The highest BCUT2D eigenvalue weighted by molar-refractivity contribution is 7.99. The number of thioether (sulfide) groups is 1. The van der Waals surface area contributed by atoms with Crippen molar-refractivity contribution in [1.29, 1.82) is 0 Å². The van der Waals surface area contributed by atoms with Crippen LogP contribution in [0.25, 0.3) is 10.6 Å². The number of nitrogens with one attached hydrogen (secondary N) is 1.